The molecule has 0 aliphatic rings. The van der Waals surface area contributed by atoms with E-state index >= 15 is 0 Å². The van der Waals surface area contributed by atoms with Crippen molar-refractivity contribution >= 4 is 11.9 Å². The van der Waals surface area contributed by atoms with Gasteiger partial charge < -0.3 is 15.6 Å². The highest BCUT2D eigenvalue weighted by atomic mass is 16.6. The average Bonchev–Trinajstić information content (AvgIpc) is 2.53. The van der Waals surface area contributed by atoms with Crippen molar-refractivity contribution in [2.45, 2.75) is 12.2 Å². The van der Waals surface area contributed by atoms with E-state index in [1.54, 1.807) is 60.7 Å². The zero-order valence-electron chi connectivity index (χ0n) is 11.2. The molecule has 0 radical (unpaired) electrons. The first-order chi connectivity index (χ1) is 10.1. The van der Waals surface area contributed by atoms with Gasteiger partial charge in [-0.3, -0.25) is 4.79 Å². The van der Waals surface area contributed by atoms with Gasteiger partial charge in [-0.15, -0.1) is 0 Å². The van der Waals surface area contributed by atoms with Gasteiger partial charge in [0.15, 0.2) is 6.10 Å². The van der Waals surface area contributed by atoms with Gasteiger partial charge in [0.1, 0.15) is 0 Å². The number of amides is 1. The highest BCUT2D eigenvalue weighted by Crippen LogP contribution is 2.21. The minimum Gasteiger partial charge on any atom is -0.445 e. The van der Waals surface area contributed by atoms with Gasteiger partial charge in [-0.05, 0) is 5.56 Å². The van der Waals surface area contributed by atoms with Crippen molar-refractivity contribution in [2.24, 2.45) is 5.73 Å². The number of carbonyl (C=O) groups is 2. The molecule has 0 bridgehead atoms. The summed E-state index contributed by atoms with van der Waals surface area (Å²) in [6.45, 7) is 0. The molecule has 2 aromatic rings. The van der Waals surface area contributed by atoms with Crippen molar-refractivity contribution in [3.05, 3.63) is 71.8 Å². The normalized spacial score (nSPS) is 13.2. The summed E-state index contributed by atoms with van der Waals surface area (Å²) in [5.41, 5.74) is 6.10. The molecule has 0 saturated heterocycles. The molecule has 1 amide bonds. The first-order valence-electron chi connectivity index (χ1n) is 6.37. The van der Waals surface area contributed by atoms with E-state index in [0.717, 1.165) is 0 Å². The molecular formula is C16H15NO4. The van der Waals surface area contributed by atoms with E-state index in [1.165, 1.54) is 0 Å². The molecule has 2 aromatic carbocycles. The lowest BCUT2D eigenvalue weighted by Crippen LogP contribution is -2.28. The van der Waals surface area contributed by atoms with E-state index in [-0.39, 0.29) is 0 Å². The Kier molecular flexibility index (Phi) is 4.68. The zero-order valence-corrected chi connectivity index (χ0v) is 11.2. The lowest BCUT2D eigenvalue weighted by atomic mass is 10.1. The van der Waals surface area contributed by atoms with Crippen molar-refractivity contribution in [3.63, 3.8) is 0 Å². The summed E-state index contributed by atoms with van der Waals surface area (Å²) >= 11 is 0. The van der Waals surface area contributed by atoms with Crippen LogP contribution < -0.4 is 5.73 Å². The van der Waals surface area contributed by atoms with E-state index in [2.05, 4.69) is 0 Å². The molecule has 3 N–H and O–H groups in total. The fourth-order valence-corrected chi connectivity index (χ4v) is 1.87. The smallest absolute Gasteiger partial charge is 0.340 e. The number of aliphatic hydroxyl groups is 1. The van der Waals surface area contributed by atoms with Crippen molar-refractivity contribution in [1.82, 2.24) is 0 Å². The van der Waals surface area contributed by atoms with Gasteiger partial charge in [0.2, 0.25) is 6.10 Å². The Labute approximate surface area is 122 Å². The zero-order chi connectivity index (χ0) is 15.2. The number of primary amides is 1. The van der Waals surface area contributed by atoms with Gasteiger partial charge in [0, 0.05) is 5.56 Å². The van der Waals surface area contributed by atoms with Crippen molar-refractivity contribution in [3.8, 4) is 0 Å². The number of benzene rings is 2. The number of rotatable bonds is 5. The summed E-state index contributed by atoms with van der Waals surface area (Å²) in [4.78, 5) is 23.4. The Morgan fingerprint density at radius 2 is 1.38 bits per heavy atom. The standard InChI is InChI=1S/C16H15NO4/c17-15(19)14(12-9-5-2-6-10-12)21-16(20)13(18)11-7-3-1-4-8-11/h1-10,13-14,18H,(H2,17,19)/t13-,14-/m1/s1. The third kappa shape index (κ3) is 3.67. The fraction of sp³-hybridized carbons (Fsp3) is 0.125. The number of hydrogen-bond acceptors (Lipinski definition) is 4. The number of carbonyl (C=O) groups excluding carboxylic acids is 2. The van der Waals surface area contributed by atoms with Gasteiger partial charge in [0.25, 0.3) is 5.91 Å². The van der Waals surface area contributed by atoms with Gasteiger partial charge in [-0.2, -0.15) is 0 Å². The van der Waals surface area contributed by atoms with Crippen LogP contribution in [0.15, 0.2) is 60.7 Å². The average molecular weight is 285 g/mol. The maximum atomic E-state index is 12.0. The summed E-state index contributed by atoms with van der Waals surface area (Å²) in [5.74, 6) is -1.72. The van der Waals surface area contributed by atoms with Gasteiger partial charge in [-0.1, -0.05) is 60.7 Å². The summed E-state index contributed by atoms with van der Waals surface area (Å²) in [7, 11) is 0. The predicted molar refractivity (Wildman–Crippen MR) is 75.9 cm³/mol. The molecule has 0 heterocycles. The van der Waals surface area contributed by atoms with Crippen LogP contribution in [-0.2, 0) is 14.3 Å². The Hall–Kier alpha value is -2.66. The van der Waals surface area contributed by atoms with Gasteiger partial charge in [-0.25, -0.2) is 4.79 Å². The van der Waals surface area contributed by atoms with E-state index in [4.69, 9.17) is 10.5 Å². The van der Waals surface area contributed by atoms with E-state index in [1.807, 2.05) is 0 Å². The summed E-state index contributed by atoms with van der Waals surface area (Å²) in [5, 5.41) is 9.94. The fourth-order valence-electron chi connectivity index (χ4n) is 1.87. The Morgan fingerprint density at radius 3 is 1.86 bits per heavy atom. The van der Waals surface area contributed by atoms with Crippen LogP contribution in [0.3, 0.4) is 0 Å². The van der Waals surface area contributed by atoms with Crippen molar-refractivity contribution < 1.29 is 19.4 Å². The minimum absolute atomic E-state index is 0.388. The lowest BCUT2D eigenvalue weighted by Gasteiger charge is -2.17. The SMILES string of the molecule is NC(=O)[C@H](OC(=O)[C@H](O)c1ccccc1)c1ccccc1. The second kappa shape index (κ2) is 6.67. The molecule has 108 valence electrons. The summed E-state index contributed by atoms with van der Waals surface area (Å²) in [6, 6.07) is 16.7. The van der Waals surface area contributed by atoms with Crippen molar-refractivity contribution in [2.75, 3.05) is 0 Å². The van der Waals surface area contributed by atoms with Gasteiger partial charge >= 0.3 is 5.97 Å². The van der Waals surface area contributed by atoms with Crippen LogP contribution in [0.4, 0.5) is 0 Å². The van der Waals surface area contributed by atoms with Crippen LogP contribution in [-0.4, -0.2) is 17.0 Å². The topological polar surface area (TPSA) is 89.6 Å². The number of nitrogens with two attached hydrogens (primary N) is 1. The number of aliphatic hydroxyl groups excluding tert-OH is 1. The van der Waals surface area contributed by atoms with Crippen LogP contribution >= 0.6 is 0 Å². The third-order valence-corrected chi connectivity index (χ3v) is 2.93. The van der Waals surface area contributed by atoms with E-state index in [9.17, 15) is 14.7 Å². The molecule has 0 unspecified atom stereocenters. The molecule has 21 heavy (non-hydrogen) atoms. The maximum Gasteiger partial charge on any atom is 0.340 e. The number of hydrogen-bond donors (Lipinski definition) is 2. The molecule has 2 rings (SSSR count). The molecule has 0 aromatic heterocycles. The first-order valence-corrected chi connectivity index (χ1v) is 6.37. The van der Waals surface area contributed by atoms with Crippen molar-refractivity contribution in [1.29, 1.82) is 0 Å². The number of esters is 1. The molecular weight excluding hydrogens is 270 g/mol. The molecule has 0 aliphatic carbocycles. The third-order valence-electron chi connectivity index (χ3n) is 2.93. The maximum absolute atomic E-state index is 12.0. The quantitative estimate of drug-likeness (QED) is 0.814. The molecule has 2 atom stereocenters. The molecule has 0 aliphatic heterocycles. The molecule has 0 saturated carbocycles. The van der Waals surface area contributed by atoms with Crippen LogP contribution in [0.1, 0.15) is 23.3 Å². The second-order valence-corrected chi connectivity index (χ2v) is 4.44. The largest absolute Gasteiger partial charge is 0.445 e. The highest BCUT2D eigenvalue weighted by Gasteiger charge is 2.27. The van der Waals surface area contributed by atoms with Crippen LogP contribution in [0, 0.1) is 0 Å². The summed E-state index contributed by atoms with van der Waals surface area (Å²) < 4.78 is 5.05. The first kappa shape index (κ1) is 14.7. The Bertz CT molecular complexity index is 613. The highest BCUT2D eigenvalue weighted by molar-refractivity contribution is 5.85. The monoisotopic (exact) mass is 285 g/mol. The van der Waals surface area contributed by atoms with E-state index < -0.39 is 24.1 Å². The molecule has 5 heteroatoms. The molecule has 0 fully saturated rings. The van der Waals surface area contributed by atoms with Crippen LogP contribution in [0.2, 0.25) is 0 Å². The van der Waals surface area contributed by atoms with Gasteiger partial charge in [0.05, 0.1) is 0 Å². The predicted octanol–water partition coefficient (Wildman–Crippen LogP) is 1.49. The molecule has 0 spiro atoms. The lowest BCUT2D eigenvalue weighted by molar-refractivity contribution is -0.164. The summed E-state index contributed by atoms with van der Waals surface area (Å²) in [6.07, 6.45) is -2.69. The number of ether oxygens (including phenoxy) is 1. The van der Waals surface area contributed by atoms with E-state index in [0.29, 0.717) is 11.1 Å². The molecule has 5 nitrogen and oxygen atoms in total. The Balaban J connectivity index is 2.14. The Morgan fingerprint density at radius 1 is 0.905 bits per heavy atom. The minimum atomic E-state index is -1.46. The van der Waals surface area contributed by atoms with Crippen LogP contribution in [0.5, 0.6) is 0 Å². The van der Waals surface area contributed by atoms with Crippen LogP contribution in [0.25, 0.3) is 0 Å². The second-order valence-electron chi connectivity index (χ2n) is 4.44.